The maximum Gasteiger partial charge on any atom is 0.417 e. The van der Waals surface area contributed by atoms with E-state index in [2.05, 4.69) is 6.92 Å². The van der Waals surface area contributed by atoms with Gasteiger partial charge in [-0.1, -0.05) is 88.3 Å². The molecule has 3 rings (SSSR count). The SMILES string of the molecule is CCCCCCCCCCn1cc(C(=O)c2ccccc2C(F)(F)F)c2ccccc21. The van der Waals surface area contributed by atoms with E-state index in [0.29, 0.717) is 10.9 Å². The van der Waals surface area contributed by atoms with Gasteiger partial charge in [-0.15, -0.1) is 0 Å². The fraction of sp³-hybridized carbons (Fsp3) is 0.423. The Morgan fingerprint density at radius 3 is 2.13 bits per heavy atom. The van der Waals surface area contributed by atoms with E-state index in [-0.39, 0.29) is 5.56 Å². The number of aryl methyl sites for hydroxylation is 1. The molecule has 0 unspecified atom stereocenters. The first-order valence-corrected chi connectivity index (χ1v) is 11.2. The number of fused-ring (bicyclic) bond motifs is 1. The van der Waals surface area contributed by atoms with Gasteiger partial charge >= 0.3 is 6.18 Å². The van der Waals surface area contributed by atoms with Crippen LogP contribution in [0.2, 0.25) is 0 Å². The lowest BCUT2D eigenvalue weighted by atomic mass is 9.98. The van der Waals surface area contributed by atoms with Gasteiger partial charge in [0, 0.05) is 34.8 Å². The second-order valence-corrected chi connectivity index (χ2v) is 8.10. The van der Waals surface area contributed by atoms with E-state index in [1.165, 1.54) is 56.7 Å². The number of nitrogens with zero attached hydrogens (tertiary/aromatic N) is 1. The Morgan fingerprint density at radius 1 is 0.806 bits per heavy atom. The molecule has 31 heavy (non-hydrogen) atoms. The van der Waals surface area contributed by atoms with Crippen molar-refractivity contribution in [3.63, 3.8) is 0 Å². The van der Waals surface area contributed by atoms with Gasteiger partial charge in [0.1, 0.15) is 0 Å². The summed E-state index contributed by atoms with van der Waals surface area (Å²) in [6, 6.07) is 12.4. The van der Waals surface area contributed by atoms with Crippen molar-refractivity contribution in [1.82, 2.24) is 4.57 Å². The van der Waals surface area contributed by atoms with Crippen LogP contribution in [0.1, 0.15) is 79.8 Å². The Labute approximate surface area is 182 Å². The highest BCUT2D eigenvalue weighted by Gasteiger charge is 2.35. The molecule has 0 radical (unpaired) electrons. The lowest BCUT2D eigenvalue weighted by molar-refractivity contribution is -0.137. The topological polar surface area (TPSA) is 22.0 Å². The molecule has 2 nitrogen and oxygen atoms in total. The summed E-state index contributed by atoms with van der Waals surface area (Å²) in [7, 11) is 0. The van der Waals surface area contributed by atoms with Gasteiger partial charge in [0.25, 0.3) is 0 Å². The van der Waals surface area contributed by atoms with E-state index < -0.39 is 17.5 Å². The molecule has 0 atom stereocenters. The molecule has 5 heteroatoms. The molecule has 0 spiro atoms. The van der Waals surface area contributed by atoms with Crippen LogP contribution in [0, 0.1) is 0 Å². The van der Waals surface area contributed by atoms with Crippen molar-refractivity contribution in [2.24, 2.45) is 0 Å². The quantitative estimate of drug-likeness (QED) is 0.223. The van der Waals surface area contributed by atoms with Crippen molar-refractivity contribution in [3.8, 4) is 0 Å². The van der Waals surface area contributed by atoms with Crippen molar-refractivity contribution in [1.29, 1.82) is 0 Å². The highest BCUT2D eigenvalue weighted by Crippen LogP contribution is 2.34. The Morgan fingerprint density at radius 2 is 1.42 bits per heavy atom. The molecule has 0 aliphatic rings. The van der Waals surface area contributed by atoms with Crippen LogP contribution in [-0.4, -0.2) is 10.4 Å². The van der Waals surface area contributed by atoms with E-state index >= 15 is 0 Å². The first kappa shape index (κ1) is 23.1. The molecule has 0 saturated heterocycles. The number of hydrogen-bond acceptors (Lipinski definition) is 1. The van der Waals surface area contributed by atoms with Crippen LogP contribution in [-0.2, 0) is 12.7 Å². The number of ketones is 1. The molecule has 0 aliphatic heterocycles. The van der Waals surface area contributed by atoms with E-state index in [9.17, 15) is 18.0 Å². The number of rotatable bonds is 11. The molecule has 0 bridgehead atoms. The summed E-state index contributed by atoms with van der Waals surface area (Å²) in [6.45, 7) is 2.96. The second-order valence-electron chi connectivity index (χ2n) is 8.10. The molecule has 3 aromatic rings. The summed E-state index contributed by atoms with van der Waals surface area (Å²) in [5, 5.41) is 0.698. The van der Waals surface area contributed by atoms with E-state index in [1.54, 1.807) is 6.20 Å². The van der Waals surface area contributed by atoms with Crippen molar-refractivity contribution < 1.29 is 18.0 Å². The smallest absolute Gasteiger partial charge is 0.347 e. The molecule has 0 aliphatic carbocycles. The van der Waals surface area contributed by atoms with Crippen molar-refractivity contribution in [2.45, 2.75) is 71.0 Å². The summed E-state index contributed by atoms with van der Waals surface area (Å²) >= 11 is 0. The number of para-hydroxylation sites is 1. The highest BCUT2D eigenvalue weighted by atomic mass is 19.4. The maximum absolute atomic E-state index is 13.4. The van der Waals surface area contributed by atoms with Crippen LogP contribution >= 0.6 is 0 Å². The van der Waals surface area contributed by atoms with E-state index in [0.717, 1.165) is 31.0 Å². The number of alkyl halides is 3. The number of aromatic nitrogens is 1. The van der Waals surface area contributed by atoms with Crippen molar-refractivity contribution in [3.05, 3.63) is 71.4 Å². The van der Waals surface area contributed by atoms with Gasteiger partial charge in [0.05, 0.1) is 5.56 Å². The van der Waals surface area contributed by atoms with Crippen LogP contribution in [0.15, 0.2) is 54.7 Å². The van der Waals surface area contributed by atoms with E-state index in [1.807, 2.05) is 28.8 Å². The summed E-state index contributed by atoms with van der Waals surface area (Å²) < 4.78 is 42.3. The van der Waals surface area contributed by atoms with Gasteiger partial charge in [0.2, 0.25) is 0 Å². The van der Waals surface area contributed by atoms with Crippen LogP contribution < -0.4 is 0 Å². The van der Waals surface area contributed by atoms with Crippen LogP contribution in [0.25, 0.3) is 10.9 Å². The predicted octanol–water partition coefficient (Wildman–Crippen LogP) is 8.03. The van der Waals surface area contributed by atoms with Crippen LogP contribution in [0.5, 0.6) is 0 Å². The fourth-order valence-electron chi connectivity index (χ4n) is 4.10. The fourth-order valence-corrected chi connectivity index (χ4v) is 4.10. The zero-order valence-electron chi connectivity index (χ0n) is 18.0. The Balaban J connectivity index is 1.76. The van der Waals surface area contributed by atoms with Gasteiger partial charge in [-0.25, -0.2) is 0 Å². The Hall–Kier alpha value is -2.56. The normalized spacial score (nSPS) is 11.9. The number of benzene rings is 2. The molecule has 0 N–H and O–H groups in total. The summed E-state index contributed by atoms with van der Waals surface area (Å²) in [6.07, 6.45) is 6.79. The number of unbranched alkanes of at least 4 members (excludes halogenated alkanes) is 7. The second kappa shape index (κ2) is 10.7. The molecule has 0 saturated carbocycles. The Kier molecular flexibility index (Phi) is 7.94. The Bertz CT molecular complexity index is 1000. The van der Waals surface area contributed by atoms with Gasteiger partial charge in [-0.2, -0.15) is 13.2 Å². The van der Waals surface area contributed by atoms with Crippen molar-refractivity contribution >= 4 is 16.7 Å². The third-order valence-electron chi connectivity index (χ3n) is 5.76. The van der Waals surface area contributed by atoms with Crippen LogP contribution in [0.3, 0.4) is 0 Å². The number of halogens is 3. The molecule has 2 aromatic carbocycles. The summed E-state index contributed by atoms with van der Waals surface area (Å²) in [5.74, 6) is -0.584. The monoisotopic (exact) mass is 429 g/mol. The highest BCUT2D eigenvalue weighted by molar-refractivity contribution is 6.17. The number of carbonyl (C=O) groups excluding carboxylic acids is 1. The minimum atomic E-state index is -4.57. The molecule has 1 aromatic heterocycles. The lowest BCUT2D eigenvalue weighted by Gasteiger charge is -2.11. The largest absolute Gasteiger partial charge is 0.417 e. The van der Waals surface area contributed by atoms with E-state index in [4.69, 9.17) is 0 Å². The predicted molar refractivity (Wildman–Crippen MR) is 119 cm³/mol. The number of hydrogen-bond donors (Lipinski definition) is 0. The zero-order valence-corrected chi connectivity index (χ0v) is 18.0. The van der Waals surface area contributed by atoms with Crippen LogP contribution in [0.4, 0.5) is 13.2 Å². The first-order valence-electron chi connectivity index (χ1n) is 11.2. The maximum atomic E-state index is 13.4. The van der Waals surface area contributed by atoms with Gasteiger partial charge in [0.15, 0.2) is 5.78 Å². The van der Waals surface area contributed by atoms with Gasteiger partial charge in [-0.05, 0) is 18.6 Å². The molecular formula is C26H30F3NO. The first-order chi connectivity index (χ1) is 14.9. The summed E-state index contributed by atoms with van der Waals surface area (Å²) in [4.78, 5) is 13.1. The lowest BCUT2D eigenvalue weighted by Crippen LogP contribution is -2.13. The third kappa shape index (κ3) is 5.78. The molecule has 0 fully saturated rings. The molecule has 166 valence electrons. The average molecular weight is 430 g/mol. The van der Waals surface area contributed by atoms with Gasteiger partial charge < -0.3 is 4.57 Å². The standard InChI is InChI=1S/C26H30F3NO/c1-2-3-4-5-6-7-8-13-18-30-19-22(20-14-10-12-17-24(20)30)25(31)21-15-9-11-16-23(21)26(27,28)29/h9-12,14-17,19H,2-8,13,18H2,1H3. The van der Waals surface area contributed by atoms with Gasteiger partial charge in [-0.3, -0.25) is 4.79 Å². The average Bonchev–Trinajstić information content (AvgIpc) is 3.13. The van der Waals surface area contributed by atoms with Crippen molar-refractivity contribution in [2.75, 3.05) is 0 Å². The molecule has 0 amide bonds. The molecule has 1 heterocycles. The third-order valence-corrected chi connectivity index (χ3v) is 5.76. The summed E-state index contributed by atoms with van der Waals surface area (Å²) in [5.41, 5.74) is 0.0232. The number of carbonyl (C=O) groups is 1. The zero-order chi connectivity index (χ0) is 22.3. The minimum absolute atomic E-state index is 0.301. The molecular weight excluding hydrogens is 399 g/mol. The minimum Gasteiger partial charge on any atom is -0.347 e.